The van der Waals surface area contributed by atoms with Gasteiger partial charge in [-0.3, -0.25) is 0 Å². The summed E-state index contributed by atoms with van der Waals surface area (Å²) in [5.41, 5.74) is 0.0321. The van der Waals surface area contributed by atoms with Gasteiger partial charge in [-0.15, -0.1) is 0 Å². The Balaban J connectivity index is 2.68. The van der Waals surface area contributed by atoms with E-state index in [4.69, 9.17) is 19.0 Å². The zero-order valence-electron chi connectivity index (χ0n) is 10.9. The van der Waals surface area contributed by atoms with Gasteiger partial charge in [0.25, 0.3) is 0 Å². The van der Waals surface area contributed by atoms with E-state index in [1.54, 1.807) is 18.2 Å². The first-order valence-corrected chi connectivity index (χ1v) is 5.66. The third kappa shape index (κ3) is 2.49. The van der Waals surface area contributed by atoms with Crippen LogP contribution >= 0.6 is 0 Å². The molecule has 0 atom stereocenters. The maximum Gasteiger partial charge on any atom is 0.372 e. The van der Waals surface area contributed by atoms with E-state index < -0.39 is 17.4 Å². The van der Waals surface area contributed by atoms with Gasteiger partial charge in [0.05, 0.1) is 14.2 Å². The number of hydrogen-bond acceptors (Lipinski definition) is 5. The van der Waals surface area contributed by atoms with E-state index in [2.05, 4.69) is 0 Å². The Morgan fingerprint density at radius 2 is 1.80 bits per heavy atom. The highest BCUT2D eigenvalue weighted by atomic mass is 16.5. The van der Waals surface area contributed by atoms with E-state index in [0.717, 1.165) is 6.07 Å². The number of rotatable bonds is 4. The fourth-order valence-electron chi connectivity index (χ4n) is 1.81. The number of carbonyl (C=O) groups is 1. The summed E-state index contributed by atoms with van der Waals surface area (Å²) in [6, 6.07) is 7.46. The lowest BCUT2D eigenvalue weighted by molar-refractivity contribution is 0.0658. The molecule has 0 unspecified atom stereocenters. The van der Waals surface area contributed by atoms with Gasteiger partial charge < -0.3 is 19.0 Å². The predicted molar refractivity (Wildman–Crippen MR) is 70.5 cm³/mol. The van der Waals surface area contributed by atoms with Crippen molar-refractivity contribution >= 4 is 5.97 Å². The number of hydrogen-bond donors (Lipinski definition) is 1. The zero-order chi connectivity index (χ0) is 14.7. The van der Waals surface area contributed by atoms with Gasteiger partial charge in [0, 0.05) is 23.3 Å². The molecule has 0 saturated carbocycles. The van der Waals surface area contributed by atoms with Crippen LogP contribution in [-0.4, -0.2) is 25.3 Å². The summed E-state index contributed by atoms with van der Waals surface area (Å²) in [5.74, 6) is -0.767. The van der Waals surface area contributed by atoms with E-state index in [1.165, 1.54) is 20.3 Å². The average Bonchev–Trinajstić information content (AvgIpc) is 2.46. The maximum absolute atomic E-state index is 11.2. The number of methoxy groups -OCH3 is 2. The SMILES string of the molecule is COc1ccc(-c2ccc(=O)oc2C(=O)O)c(OC)c1. The Labute approximate surface area is 114 Å². The summed E-state index contributed by atoms with van der Waals surface area (Å²) < 4.78 is 15.0. The molecule has 6 nitrogen and oxygen atoms in total. The van der Waals surface area contributed by atoms with Gasteiger partial charge in [-0.2, -0.15) is 0 Å². The molecule has 0 saturated heterocycles. The van der Waals surface area contributed by atoms with Crippen molar-refractivity contribution in [3.8, 4) is 22.6 Å². The van der Waals surface area contributed by atoms with Crippen molar-refractivity contribution in [1.29, 1.82) is 0 Å². The molecular weight excluding hydrogens is 264 g/mol. The van der Waals surface area contributed by atoms with Crippen LogP contribution in [0.3, 0.4) is 0 Å². The Morgan fingerprint density at radius 1 is 1.10 bits per heavy atom. The van der Waals surface area contributed by atoms with Crippen molar-refractivity contribution in [2.24, 2.45) is 0 Å². The summed E-state index contributed by atoms with van der Waals surface area (Å²) in [5, 5.41) is 9.12. The summed E-state index contributed by atoms with van der Waals surface area (Å²) in [4.78, 5) is 22.3. The molecule has 0 bridgehead atoms. The first-order chi connectivity index (χ1) is 9.56. The van der Waals surface area contributed by atoms with Crippen molar-refractivity contribution in [2.45, 2.75) is 0 Å². The van der Waals surface area contributed by atoms with Crippen molar-refractivity contribution in [2.75, 3.05) is 14.2 Å². The Kier molecular flexibility index (Phi) is 3.74. The van der Waals surface area contributed by atoms with Crippen LogP contribution < -0.4 is 15.1 Å². The molecule has 0 aliphatic heterocycles. The van der Waals surface area contributed by atoms with Gasteiger partial charge in [0.2, 0.25) is 5.76 Å². The smallest absolute Gasteiger partial charge is 0.372 e. The number of aromatic carboxylic acids is 1. The van der Waals surface area contributed by atoms with Crippen LogP contribution in [0.25, 0.3) is 11.1 Å². The highest BCUT2D eigenvalue weighted by Gasteiger charge is 2.18. The second-order valence-corrected chi connectivity index (χ2v) is 3.87. The van der Waals surface area contributed by atoms with Gasteiger partial charge in [-0.25, -0.2) is 9.59 Å². The molecule has 1 aromatic carbocycles. The maximum atomic E-state index is 11.2. The van der Waals surface area contributed by atoms with Gasteiger partial charge in [-0.1, -0.05) is 0 Å². The Bertz CT molecular complexity index is 701. The number of ether oxygens (including phenoxy) is 2. The molecule has 2 rings (SSSR count). The molecule has 1 N–H and O–H groups in total. The molecule has 1 aromatic heterocycles. The molecule has 0 aliphatic rings. The van der Waals surface area contributed by atoms with Gasteiger partial charge >= 0.3 is 11.6 Å². The molecule has 104 valence electrons. The lowest BCUT2D eigenvalue weighted by atomic mass is 10.0. The quantitative estimate of drug-likeness (QED) is 0.919. The predicted octanol–water partition coefficient (Wildman–Crippen LogP) is 2.02. The van der Waals surface area contributed by atoms with Gasteiger partial charge in [0.15, 0.2) is 0 Å². The van der Waals surface area contributed by atoms with Crippen LogP contribution in [0.5, 0.6) is 11.5 Å². The number of carboxylic acid groups (broad SMARTS) is 1. The van der Waals surface area contributed by atoms with E-state index in [1.807, 2.05) is 0 Å². The minimum atomic E-state index is -1.32. The Morgan fingerprint density at radius 3 is 2.40 bits per heavy atom. The summed E-state index contributed by atoms with van der Waals surface area (Å²) in [7, 11) is 2.97. The first-order valence-electron chi connectivity index (χ1n) is 5.66. The molecule has 0 amide bonds. The van der Waals surface area contributed by atoms with E-state index in [9.17, 15) is 9.59 Å². The molecular formula is C14H12O6. The zero-order valence-corrected chi connectivity index (χ0v) is 10.9. The topological polar surface area (TPSA) is 86.0 Å². The van der Waals surface area contributed by atoms with Crippen LogP contribution in [0, 0.1) is 0 Å². The molecule has 6 heteroatoms. The largest absolute Gasteiger partial charge is 0.497 e. The van der Waals surface area contributed by atoms with Crippen LogP contribution in [-0.2, 0) is 0 Å². The summed E-state index contributed by atoms with van der Waals surface area (Å²) >= 11 is 0. The highest BCUT2D eigenvalue weighted by molar-refractivity contribution is 5.93. The third-order valence-corrected chi connectivity index (χ3v) is 2.73. The summed E-state index contributed by atoms with van der Waals surface area (Å²) in [6.45, 7) is 0. The lowest BCUT2D eigenvalue weighted by Crippen LogP contribution is -2.07. The minimum Gasteiger partial charge on any atom is -0.497 e. The van der Waals surface area contributed by atoms with E-state index >= 15 is 0 Å². The number of carboxylic acids is 1. The molecule has 1 heterocycles. The molecule has 20 heavy (non-hydrogen) atoms. The molecule has 2 aromatic rings. The van der Waals surface area contributed by atoms with Crippen LogP contribution in [0.2, 0.25) is 0 Å². The van der Waals surface area contributed by atoms with Crippen LogP contribution in [0.1, 0.15) is 10.6 Å². The molecule has 0 radical (unpaired) electrons. The average molecular weight is 276 g/mol. The van der Waals surface area contributed by atoms with Crippen molar-refractivity contribution in [3.05, 3.63) is 46.5 Å². The molecule has 0 aliphatic carbocycles. The monoisotopic (exact) mass is 276 g/mol. The fourth-order valence-corrected chi connectivity index (χ4v) is 1.81. The van der Waals surface area contributed by atoms with Crippen molar-refractivity contribution in [3.63, 3.8) is 0 Å². The molecule has 0 fully saturated rings. The highest BCUT2D eigenvalue weighted by Crippen LogP contribution is 2.34. The molecule has 0 spiro atoms. The van der Waals surface area contributed by atoms with E-state index in [-0.39, 0.29) is 5.56 Å². The fraction of sp³-hybridized carbons (Fsp3) is 0.143. The third-order valence-electron chi connectivity index (χ3n) is 2.73. The van der Waals surface area contributed by atoms with Gasteiger partial charge in [0.1, 0.15) is 11.5 Å². The van der Waals surface area contributed by atoms with Gasteiger partial charge in [-0.05, 0) is 18.2 Å². The van der Waals surface area contributed by atoms with Crippen LogP contribution in [0.4, 0.5) is 0 Å². The summed E-state index contributed by atoms with van der Waals surface area (Å²) in [6.07, 6.45) is 0. The normalized spacial score (nSPS) is 10.1. The van der Waals surface area contributed by atoms with Crippen LogP contribution in [0.15, 0.2) is 39.5 Å². The van der Waals surface area contributed by atoms with E-state index in [0.29, 0.717) is 17.1 Å². The lowest BCUT2D eigenvalue weighted by Gasteiger charge is -2.11. The first kappa shape index (κ1) is 13.7. The standard InChI is InChI=1S/C14H12O6/c1-18-8-3-4-9(11(7-8)19-2)10-5-6-12(15)20-13(10)14(16)17/h3-7H,1-2H3,(H,16,17). The minimum absolute atomic E-state index is 0.261. The second kappa shape index (κ2) is 5.48. The second-order valence-electron chi connectivity index (χ2n) is 3.87. The Hall–Kier alpha value is -2.76. The number of benzene rings is 1. The van der Waals surface area contributed by atoms with Crippen molar-refractivity contribution in [1.82, 2.24) is 0 Å². The van der Waals surface area contributed by atoms with Crippen molar-refractivity contribution < 1.29 is 23.8 Å².